The van der Waals surface area contributed by atoms with Gasteiger partial charge < -0.3 is 15.5 Å². The monoisotopic (exact) mass is 255 g/mol. The van der Waals surface area contributed by atoms with Gasteiger partial charge in [-0.05, 0) is 45.6 Å². The lowest BCUT2D eigenvalue weighted by Gasteiger charge is -2.06. The van der Waals surface area contributed by atoms with Gasteiger partial charge in [-0.25, -0.2) is 0 Å². The molecule has 0 heterocycles. The molecule has 0 aromatic rings. The second-order valence-electron chi connectivity index (χ2n) is 4.19. The number of rotatable bonds is 6. The summed E-state index contributed by atoms with van der Waals surface area (Å²) in [7, 11) is 7.42. The fraction of sp³-hybridized carbons (Fsp3) is 0.538. The van der Waals surface area contributed by atoms with Crippen molar-refractivity contribution >= 4 is 11.8 Å². The van der Waals surface area contributed by atoms with Gasteiger partial charge in [0.2, 0.25) is 11.8 Å². The van der Waals surface area contributed by atoms with Crippen molar-refractivity contribution in [2.45, 2.75) is 12.8 Å². The lowest BCUT2D eigenvalue weighted by Crippen LogP contribution is -2.18. The number of hydrogen-bond donors (Lipinski definition) is 1. The van der Waals surface area contributed by atoms with E-state index in [0.29, 0.717) is 0 Å². The fourth-order valence-electron chi connectivity index (χ4n) is 0.907. The van der Waals surface area contributed by atoms with Gasteiger partial charge in [0.15, 0.2) is 0 Å². The highest BCUT2D eigenvalue weighted by atomic mass is 16.2. The Balaban J connectivity index is 0. The fourth-order valence-corrected chi connectivity index (χ4v) is 0.907. The zero-order valence-electron chi connectivity index (χ0n) is 11.8. The van der Waals surface area contributed by atoms with E-state index in [1.54, 1.807) is 14.1 Å². The summed E-state index contributed by atoms with van der Waals surface area (Å²) in [6.45, 7) is 4.34. The minimum absolute atomic E-state index is 0.0556. The Labute approximate surface area is 110 Å². The topological polar surface area (TPSA) is 66.6 Å². The van der Waals surface area contributed by atoms with E-state index in [1.807, 2.05) is 20.2 Å². The largest absolute Gasteiger partial charge is 0.366 e. The molecule has 0 saturated carbocycles. The van der Waals surface area contributed by atoms with Crippen LogP contribution in [0.5, 0.6) is 0 Å². The van der Waals surface area contributed by atoms with Crippen molar-refractivity contribution in [3.8, 4) is 0 Å². The third kappa shape index (κ3) is 16.8. The second kappa shape index (κ2) is 11.9. The maximum absolute atomic E-state index is 10.3. The van der Waals surface area contributed by atoms with Crippen LogP contribution < -0.4 is 5.73 Å². The number of unbranched alkanes of at least 4 members (excludes halogenated alkanes) is 1. The highest BCUT2D eigenvalue weighted by Gasteiger charge is 1.91. The van der Waals surface area contributed by atoms with E-state index in [2.05, 4.69) is 11.5 Å². The third-order valence-corrected chi connectivity index (χ3v) is 1.87. The average Bonchev–Trinajstić information content (AvgIpc) is 2.27. The Morgan fingerprint density at radius 2 is 1.78 bits per heavy atom. The zero-order chi connectivity index (χ0) is 14.6. The summed E-state index contributed by atoms with van der Waals surface area (Å²) < 4.78 is 0. The Bertz CT molecular complexity index is 284. The van der Waals surface area contributed by atoms with E-state index >= 15 is 0 Å². The van der Waals surface area contributed by atoms with Gasteiger partial charge in [0.1, 0.15) is 0 Å². The summed E-state index contributed by atoms with van der Waals surface area (Å²) in [6.07, 6.45) is 6.49. The van der Waals surface area contributed by atoms with Crippen molar-refractivity contribution in [1.29, 1.82) is 0 Å². The van der Waals surface area contributed by atoms with Crippen LogP contribution in [0.15, 0.2) is 24.8 Å². The molecule has 104 valence electrons. The molecule has 0 fully saturated rings. The first-order valence-electron chi connectivity index (χ1n) is 5.75. The molecule has 0 bridgehead atoms. The quantitative estimate of drug-likeness (QED) is 0.559. The minimum atomic E-state index is -0.366. The molecule has 0 radical (unpaired) electrons. The van der Waals surface area contributed by atoms with Gasteiger partial charge in [-0.3, -0.25) is 9.59 Å². The molecule has 0 aliphatic rings. The van der Waals surface area contributed by atoms with Crippen molar-refractivity contribution in [3.05, 3.63) is 24.8 Å². The lowest BCUT2D eigenvalue weighted by molar-refractivity contribution is -0.123. The third-order valence-electron chi connectivity index (χ3n) is 1.87. The van der Waals surface area contributed by atoms with Crippen LogP contribution in [0.1, 0.15) is 12.8 Å². The van der Waals surface area contributed by atoms with Crippen molar-refractivity contribution in [2.75, 3.05) is 34.7 Å². The van der Waals surface area contributed by atoms with Crippen LogP contribution >= 0.6 is 0 Å². The van der Waals surface area contributed by atoms with Gasteiger partial charge >= 0.3 is 0 Å². The summed E-state index contributed by atoms with van der Waals surface area (Å²) in [6, 6.07) is 0. The van der Waals surface area contributed by atoms with Crippen molar-refractivity contribution in [1.82, 2.24) is 9.80 Å². The van der Waals surface area contributed by atoms with Crippen LogP contribution in [0, 0.1) is 0 Å². The maximum atomic E-state index is 10.3. The number of allylic oxidation sites excluding steroid dienone is 1. The van der Waals surface area contributed by atoms with E-state index in [4.69, 9.17) is 5.73 Å². The second-order valence-corrected chi connectivity index (χ2v) is 4.19. The molecule has 0 rings (SSSR count). The van der Waals surface area contributed by atoms with Gasteiger partial charge in [0, 0.05) is 14.1 Å². The summed E-state index contributed by atoms with van der Waals surface area (Å²) in [4.78, 5) is 24.1. The van der Waals surface area contributed by atoms with Gasteiger partial charge in [-0.2, -0.15) is 0 Å². The average molecular weight is 255 g/mol. The zero-order valence-corrected chi connectivity index (χ0v) is 11.8. The molecular weight excluding hydrogens is 230 g/mol. The molecule has 0 atom stereocenters. The first-order chi connectivity index (χ1) is 8.31. The molecule has 0 saturated heterocycles. The molecule has 2 N–H and O–H groups in total. The smallest absolute Gasteiger partial charge is 0.245 e. The Morgan fingerprint density at radius 1 is 1.22 bits per heavy atom. The number of amides is 2. The summed E-state index contributed by atoms with van der Waals surface area (Å²) in [5.41, 5.74) is 4.90. The summed E-state index contributed by atoms with van der Waals surface area (Å²) in [5, 5.41) is 0. The molecule has 0 aliphatic heterocycles. The predicted octanol–water partition coefficient (Wildman–Crippen LogP) is 0.630. The summed E-state index contributed by atoms with van der Waals surface area (Å²) in [5.74, 6) is -0.421. The van der Waals surface area contributed by atoms with Gasteiger partial charge in [0.05, 0.1) is 0 Å². The van der Waals surface area contributed by atoms with Gasteiger partial charge in [-0.1, -0.05) is 12.7 Å². The van der Waals surface area contributed by atoms with Gasteiger partial charge in [0.25, 0.3) is 0 Å². The molecular formula is C13H25N3O2. The van der Waals surface area contributed by atoms with Crippen LogP contribution in [0.2, 0.25) is 0 Å². The molecule has 5 nitrogen and oxygen atoms in total. The van der Waals surface area contributed by atoms with Gasteiger partial charge in [-0.15, -0.1) is 0 Å². The number of nitrogens with zero attached hydrogens (tertiary/aromatic N) is 2. The molecule has 18 heavy (non-hydrogen) atoms. The Kier molecular flexibility index (Phi) is 12.3. The molecule has 0 aromatic carbocycles. The number of primary amides is 1. The SMILES string of the molecule is C=CC(=O)N(C)C.CN(C)CCCC=CC(N)=O. The molecule has 0 aliphatic carbocycles. The first kappa shape index (κ1) is 18.7. The van der Waals surface area contributed by atoms with Crippen molar-refractivity contribution in [3.63, 3.8) is 0 Å². The molecule has 0 unspecified atom stereocenters. The number of carbonyl (C=O) groups excluding carboxylic acids is 2. The minimum Gasteiger partial charge on any atom is -0.366 e. The lowest BCUT2D eigenvalue weighted by atomic mass is 10.3. The predicted molar refractivity (Wildman–Crippen MR) is 75.0 cm³/mol. The number of nitrogens with two attached hydrogens (primary N) is 1. The van der Waals surface area contributed by atoms with E-state index in [9.17, 15) is 9.59 Å². The van der Waals surface area contributed by atoms with Crippen LogP contribution in [-0.2, 0) is 9.59 Å². The van der Waals surface area contributed by atoms with Crippen LogP contribution in [0.25, 0.3) is 0 Å². The Morgan fingerprint density at radius 3 is 2.06 bits per heavy atom. The van der Waals surface area contributed by atoms with Crippen molar-refractivity contribution in [2.24, 2.45) is 5.73 Å². The maximum Gasteiger partial charge on any atom is 0.245 e. The normalized spacial score (nSPS) is 9.83. The molecule has 2 amide bonds. The van der Waals surface area contributed by atoms with E-state index < -0.39 is 0 Å². The van der Waals surface area contributed by atoms with Crippen LogP contribution in [-0.4, -0.2) is 56.3 Å². The van der Waals surface area contributed by atoms with E-state index in [-0.39, 0.29) is 11.8 Å². The summed E-state index contributed by atoms with van der Waals surface area (Å²) >= 11 is 0. The first-order valence-corrected chi connectivity index (χ1v) is 5.75. The highest BCUT2D eigenvalue weighted by molar-refractivity contribution is 5.86. The highest BCUT2D eigenvalue weighted by Crippen LogP contribution is 1.91. The standard InChI is InChI=1S/C8H16N2O.C5H9NO/c1-10(2)7-5-3-4-6-8(9)11;1-4-5(7)6(2)3/h4,6H,3,5,7H2,1-2H3,(H2,9,11);4H,1H2,2-3H3. The number of likely N-dealkylation sites (N-methyl/N-ethyl adjacent to an activating group) is 1. The van der Waals surface area contributed by atoms with Crippen LogP contribution in [0.4, 0.5) is 0 Å². The number of hydrogen-bond acceptors (Lipinski definition) is 3. The molecule has 0 spiro atoms. The molecule has 5 heteroatoms. The van der Waals surface area contributed by atoms with Crippen LogP contribution in [0.3, 0.4) is 0 Å². The molecule has 0 aromatic heterocycles. The van der Waals surface area contributed by atoms with E-state index in [0.717, 1.165) is 19.4 Å². The Hall–Kier alpha value is -1.62. The number of carbonyl (C=O) groups is 2. The van der Waals surface area contributed by atoms with E-state index in [1.165, 1.54) is 17.1 Å². The van der Waals surface area contributed by atoms with Crippen molar-refractivity contribution < 1.29 is 9.59 Å².